The van der Waals surface area contributed by atoms with Gasteiger partial charge in [-0.3, -0.25) is 4.79 Å². The molecule has 0 aliphatic heterocycles. The Hall–Kier alpha value is -2.29. The predicted molar refractivity (Wildman–Crippen MR) is 121 cm³/mol. The van der Waals surface area contributed by atoms with Crippen LogP contribution in [-0.2, 0) is 16.4 Å². The summed E-state index contributed by atoms with van der Waals surface area (Å²) in [4.78, 5) is 13.1. The third kappa shape index (κ3) is 6.12. The summed E-state index contributed by atoms with van der Waals surface area (Å²) in [6.07, 6.45) is 3.77. The highest BCUT2D eigenvalue weighted by atomic mass is 35.5. The SMILES string of the molecule is COc1cc(CNC(=O)c2cc(S(C)(=O)=O)ccc2NC2CCC(O)CC2)ccc1Cl. The molecular weight excluding hydrogens is 440 g/mol. The summed E-state index contributed by atoms with van der Waals surface area (Å²) >= 11 is 6.04. The van der Waals surface area contributed by atoms with Crippen molar-refractivity contribution in [3.05, 3.63) is 52.5 Å². The van der Waals surface area contributed by atoms with E-state index in [2.05, 4.69) is 10.6 Å². The zero-order chi connectivity index (χ0) is 22.6. The van der Waals surface area contributed by atoms with E-state index < -0.39 is 15.7 Å². The predicted octanol–water partition coefficient (Wildman–Crippen LogP) is 3.40. The lowest BCUT2D eigenvalue weighted by atomic mass is 9.92. The number of carbonyl (C=O) groups excluding carboxylic acids is 1. The van der Waals surface area contributed by atoms with E-state index in [0.29, 0.717) is 29.3 Å². The van der Waals surface area contributed by atoms with Crippen LogP contribution in [-0.4, -0.2) is 44.9 Å². The number of nitrogens with one attached hydrogen (secondary N) is 2. The van der Waals surface area contributed by atoms with Gasteiger partial charge in [-0.05, 0) is 61.6 Å². The monoisotopic (exact) mass is 466 g/mol. The van der Waals surface area contributed by atoms with Gasteiger partial charge in [-0.25, -0.2) is 8.42 Å². The fraction of sp³-hybridized carbons (Fsp3) is 0.409. The van der Waals surface area contributed by atoms with E-state index in [0.717, 1.165) is 24.7 Å². The van der Waals surface area contributed by atoms with E-state index in [-0.39, 0.29) is 29.1 Å². The molecule has 31 heavy (non-hydrogen) atoms. The van der Waals surface area contributed by atoms with Crippen molar-refractivity contribution in [1.29, 1.82) is 0 Å². The smallest absolute Gasteiger partial charge is 0.253 e. The molecule has 3 rings (SSSR count). The maximum atomic E-state index is 13.0. The van der Waals surface area contributed by atoms with Crippen molar-refractivity contribution in [3.63, 3.8) is 0 Å². The molecule has 1 aliphatic carbocycles. The van der Waals surface area contributed by atoms with E-state index >= 15 is 0 Å². The van der Waals surface area contributed by atoms with Crippen LogP contribution >= 0.6 is 11.6 Å². The zero-order valence-corrected chi connectivity index (χ0v) is 19.1. The van der Waals surface area contributed by atoms with Gasteiger partial charge in [0.25, 0.3) is 5.91 Å². The molecule has 0 unspecified atom stereocenters. The normalized spacial score (nSPS) is 19.0. The second-order valence-corrected chi connectivity index (χ2v) is 10.2. The average Bonchev–Trinajstić information content (AvgIpc) is 2.74. The highest BCUT2D eigenvalue weighted by Gasteiger charge is 2.22. The number of carbonyl (C=O) groups is 1. The maximum Gasteiger partial charge on any atom is 0.253 e. The van der Waals surface area contributed by atoms with E-state index in [4.69, 9.17) is 16.3 Å². The Morgan fingerprint density at radius 3 is 2.52 bits per heavy atom. The first-order valence-corrected chi connectivity index (χ1v) is 12.3. The van der Waals surface area contributed by atoms with Gasteiger partial charge in [0.2, 0.25) is 0 Å². The Kier molecular flexibility index (Phi) is 7.46. The second-order valence-electron chi connectivity index (χ2n) is 7.78. The minimum atomic E-state index is -3.47. The molecular formula is C22H27ClN2O5S. The van der Waals surface area contributed by atoms with Crippen LogP contribution in [0, 0.1) is 0 Å². The van der Waals surface area contributed by atoms with Crippen LogP contribution in [0.3, 0.4) is 0 Å². The molecule has 0 radical (unpaired) electrons. The molecule has 1 fully saturated rings. The van der Waals surface area contributed by atoms with Crippen LogP contribution < -0.4 is 15.4 Å². The van der Waals surface area contributed by atoms with Gasteiger partial charge in [-0.15, -0.1) is 0 Å². The fourth-order valence-corrected chi connectivity index (χ4v) is 4.44. The number of benzene rings is 2. The molecule has 168 valence electrons. The van der Waals surface area contributed by atoms with Crippen LogP contribution in [0.1, 0.15) is 41.6 Å². The Morgan fingerprint density at radius 1 is 1.16 bits per heavy atom. The third-order valence-corrected chi connectivity index (χ3v) is 6.81. The minimum absolute atomic E-state index is 0.0791. The number of ether oxygens (including phenoxy) is 1. The molecule has 0 saturated heterocycles. The molecule has 0 atom stereocenters. The summed E-state index contributed by atoms with van der Waals surface area (Å²) in [6.45, 7) is 0.227. The molecule has 0 heterocycles. The van der Waals surface area contributed by atoms with Gasteiger partial charge in [-0.2, -0.15) is 0 Å². The van der Waals surface area contributed by atoms with Crippen molar-refractivity contribution in [2.24, 2.45) is 0 Å². The van der Waals surface area contributed by atoms with Crippen LogP contribution in [0.5, 0.6) is 5.75 Å². The van der Waals surface area contributed by atoms with Crippen molar-refractivity contribution >= 4 is 33.0 Å². The number of rotatable bonds is 7. The summed E-state index contributed by atoms with van der Waals surface area (Å²) in [5.74, 6) is 0.118. The van der Waals surface area contributed by atoms with E-state index in [1.807, 2.05) is 0 Å². The fourth-order valence-electron chi connectivity index (χ4n) is 3.60. The van der Waals surface area contributed by atoms with Crippen LogP contribution in [0.4, 0.5) is 5.69 Å². The highest BCUT2D eigenvalue weighted by Crippen LogP contribution is 2.27. The standard InChI is InChI=1S/C22H27ClN2O5S/c1-30-21-11-14(3-9-19(21)23)13-24-22(27)18-12-17(31(2,28)29)8-10-20(18)25-15-4-6-16(26)7-5-15/h3,8-12,15-16,25-26H,4-7,13H2,1-2H3,(H,24,27). The van der Waals surface area contributed by atoms with Crippen LogP contribution in [0.2, 0.25) is 5.02 Å². The Labute approximate surface area is 187 Å². The lowest BCUT2D eigenvalue weighted by molar-refractivity contribution is 0.0951. The summed E-state index contributed by atoms with van der Waals surface area (Å²) in [7, 11) is -1.95. The number of halogens is 1. The van der Waals surface area contributed by atoms with Gasteiger partial charge in [0.1, 0.15) is 5.75 Å². The van der Waals surface area contributed by atoms with Crippen molar-refractivity contribution in [2.75, 3.05) is 18.7 Å². The first-order chi connectivity index (χ1) is 14.7. The Balaban J connectivity index is 1.81. The van der Waals surface area contributed by atoms with Gasteiger partial charge in [0.15, 0.2) is 9.84 Å². The minimum Gasteiger partial charge on any atom is -0.495 e. The van der Waals surface area contributed by atoms with E-state index in [1.165, 1.54) is 19.2 Å². The number of amides is 1. The lowest BCUT2D eigenvalue weighted by Gasteiger charge is -2.28. The maximum absolute atomic E-state index is 13.0. The number of hydrogen-bond donors (Lipinski definition) is 3. The summed E-state index contributed by atoms with van der Waals surface area (Å²) in [5, 5.41) is 16.4. The van der Waals surface area contributed by atoms with Crippen molar-refractivity contribution in [3.8, 4) is 5.75 Å². The molecule has 1 aliphatic rings. The van der Waals surface area contributed by atoms with Crippen LogP contribution in [0.15, 0.2) is 41.3 Å². The lowest BCUT2D eigenvalue weighted by Crippen LogP contribution is -2.30. The largest absolute Gasteiger partial charge is 0.495 e. The number of sulfone groups is 1. The molecule has 0 bridgehead atoms. The van der Waals surface area contributed by atoms with Gasteiger partial charge in [0, 0.05) is 24.5 Å². The number of anilines is 1. The molecule has 9 heteroatoms. The van der Waals surface area contributed by atoms with Gasteiger partial charge >= 0.3 is 0 Å². The van der Waals surface area contributed by atoms with Crippen molar-refractivity contribution in [2.45, 2.75) is 49.3 Å². The number of aliphatic hydroxyl groups excluding tert-OH is 1. The summed E-state index contributed by atoms with van der Waals surface area (Å²) in [6, 6.07) is 9.84. The second kappa shape index (κ2) is 9.89. The van der Waals surface area contributed by atoms with Gasteiger partial charge < -0.3 is 20.5 Å². The number of methoxy groups -OCH3 is 1. The van der Waals surface area contributed by atoms with Gasteiger partial charge in [0.05, 0.1) is 28.7 Å². The number of hydrogen-bond acceptors (Lipinski definition) is 6. The molecule has 0 spiro atoms. The van der Waals surface area contributed by atoms with Crippen LogP contribution in [0.25, 0.3) is 0 Å². The molecule has 7 nitrogen and oxygen atoms in total. The first kappa shape index (κ1) is 23.4. The molecule has 2 aromatic rings. The molecule has 1 saturated carbocycles. The zero-order valence-electron chi connectivity index (χ0n) is 17.5. The van der Waals surface area contributed by atoms with E-state index in [9.17, 15) is 18.3 Å². The highest BCUT2D eigenvalue weighted by molar-refractivity contribution is 7.90. The molecule has 0 aromatic heterocycles. The van der Waals surface area contributed by atoms with Crippen molar-refractivity contribution in [1.82, 2.24) is 5.32 Å². The molecule has 2 aromatic carbocycles. The summed E-state index contributed by atoms with van der Waals surface area (Å²) in [5.41, 5.74) is 1.62. The molecule has 3 N–H and O–H groups in total. The average molecular weight is 467 g/mol. The van der Waals surface area contributed by atoms with Crippen molar-refractivity contribution < 1.29 is 23.1 Å². The Bertz CT molecular complexity index is 1050. The summed E-state index contributed by atoms with van der Waals surface area (Å²) < 4.78 is 29.2. The first-order valence-electron chi connectivity index (χ1n) is 10.1. The quantitative estimate of drug-likeness (QED) is 0.577. The topological polar surface area (TPSA) is 105 Å². The number of aliphatic hydroxyl groups is 1. The third-order valence-electron chi connectivity index (χ3n) is 5.39. The van der Waals surface area contributed by atoms with E-state index in [1.54, 1.807) is 24.3 Å². The van der Waals surface area contributed by atoms with Gasteiger partial charge in [-0.1, -0.05) is 17.7 Å². The molecule has 1 amide bonds. The Morgan fingerprint density at radius 2 is 1.87 bits per heavy atom.